The molecule has 0 atom stereocenters. The van der Waals surface area contributed by atoms with E-state index < -0.39 is 0 Å². The van der Waals surface area contributed by atoms with E-state index in [0.29, 0.717) is 11.4 Å². The Labute approximate surface area is 126 Å². The molecule has 114 valence electrons. The molecule has 2 heterocycles. The molecule has 5 heteroatoms. The third-order valence-electron chi connectivity index (χ3n) is 4.34. The van der Waals surface area contributed by atoms with Crippen molar-refractivity contribution in [1.29, 1.82) is 5.26 Å². The van der Waals surface area contributed by atoms with Gasteiger partial charge in [-0.2, -0.15) is 10.4 Å². The Bertz CT molecular complexity index is 530. The van der Waals surface area contributed by atoms with Gasteiger partial charge in [-0.1, -0.05) is 20.8 Å². The summed E-state index contributed by atoms with van der Waals surface area (Å²) < 4.78 is 5.42. The van der Waals surface area contributed by atoms with Gasteiger partial charge >= 0.3 is 0 Å². The average molecular weight is 288 g/mol. The van der Waals surface area contributed by atoms with Crippen LogP contribution in [-0.2, 0) is 17.6 Å². The molecule has 1 aliphatic heterocycles. The lowest BCUT2D eigenvalue weighted by Crippen LogP contribution is -2.33. The highest BCUT2D eigenvalue weighted by atomic mass is 16.5. The molecule has 0 unspecified atom stereocenters. The minimum atomic E-state index is 0.197. The van der Waals surface area contributed by atoms with Crippen LogP contribution in [-0.4, -0.2) is 30.0 Å². The minimum absolute atomic E-state index is 0.197. The second-order valence-electron chi connectivity index (χ2n) is 5.94. The first-order chi connectivity index (χ1) is 10.1. The highest BCUT2D eigenvalue weighted by molar-refractivity contribution is 5.56. The summed E-state index contributed by atoms with van der Waals surface area (Å²) in [5.41, 5.74) is 2.80. The van der Waals surface area contributed by atoms with Crippen molar-refractivity contribution in [3.63, 3.8) is 0 Å². The number of ether oxygens (including phenoxy) is 1. The SMILES string of the molecule is CCc1nnc(NCC2(C)CCOCC2)c(C#N)c1CC. The van der Waals surface area contributed by atoms with Crippen LogP contribution in [0, 0.1) is 16.7 Å². The molecule has 0 spiro atoms. The first-order valence-electron chi connectivity index (χ1n) is 7.73. The van der Waals surface area contributed by atoms with E-state index >= 15 is 0 Å². The van der Waals surface area contributed by atoms with Crippen LogP contribution in [0.1, 0.15) is 50.4 Å². The van der Waals surface area contributed by atoms with Crippen molar-refractivity contribution in [2.45, 2.75) is 46.5 Å². The van der Waals surface area contributed by atoms with Crippen LogP contribution in [0.2, 0.25) is 0 Å². The van der Waals surface area contributed by atoms with Crippen molar-refractivity contribution in [1.82, 2.24) is 10.2 Å². The van der Waals surface area contributed by atoms with Gasteiger partial charge in [0.1, 0.15) is 11.6 Å². The molecule has 0 bridgehead atoms. The van der Waals surface area contributed by atoms with Crippen molar-refractivity contribution >= 4 is 5.82 Å². The molecule has 1 aromatic heterocycles. The molecular weight excluding hydrogens is 264 g/mol. The van der Waals surface area contributed by atoms with Crippen molar-refractivity contribution < 1.29 is 4.74 Å². The van der Waals surface area contributed by atoms with Crippen molar-refractivity contribution in [3.05, 3.63) is 16.8 Å². The zero-order valence-electron chi connectivity index (χ0n) is 13.2. The van der Waals surface area contributed by atoms with Crippen LogP contribution in [0.4, 0.5) is 5.82 Å². The van der Waals surface area contributed by atoms with E-state index in [1.165, 1.54) is 0 Å². The average Bonchev–Trinajstić information content (AvgIpc) is 2.52. The summed E-state index contributed by atoms with van der Waals surface area (Å²) in [4.78, 5) is 0. The molecule has 0 aliphatic carbocycles. The van der Waals surface area contributed by atoms with E-state index in [4.69, 9.17) is 4.74 Å². The Hall–Kier alpha value is -1.67. The number of rotatable bonds is 5. The summed E-state index contributed by atoms with van der Waals surface area (Å²) >= 11 is 0. The summed E-state index contributed by atoms with van der Waals surface area (Å²) in [5.74, 6) is 0.624. The predicted molar refractivity (Wildman–Crippen MR) is 82.2 cm³/mol. The van der Waals surface area contributed by atoms with E-state index in [9.17, 15) is 5.26 Å². The van der Waals surface area contributed by atoms with Gasteiger partial charge in [-0.3, -0.25) is 0 Å². The van der Waals surface area contributed by atoms with Gasteiger partial charge < -0.3 is 10.1 Å². The quantitative estimate of drug-likeness (QED) is 0.902. The van der Waals surface area contributed by atoms with Gasteiger partial charge in [0.2, 0.25) is 0 Å². The standard InChI is InChI=1S/C16H24N4O/c1-4-12-13(10-17)15(20-19-14(12)5-2)18-11-16(3)6-8-21-9-7-16/h4-9,11H2,1-3H3,(H,18,20). The first kappa shape index (κ1) is 15.7. The maximum Gasteiger partial charge on any atom is 0.166 e. The molecule has 1 fully saturated rings. The Kier molecular flexibility index (Phi) is 5.13. The number of nitriles is 1. The highest BCUT2D eigenvalue weighted by Gasteiger charge is 2.27. The van der Waals surface area contributed by atoms with Gasteiger partial charge in [-0.05, 0) is 36.7 Å². The summed E-state index contributed by atoms with van der Waals surface area (Å²) in [7, 11) is 0. The monoisotopic (exact) mass is 288 g/mol. The topological polar surface area (TPSA) is 70.8 Å². The molecule has 1 aromatic rings. The third kappa shape index (κ3) is 3.51. The molecule has 0 radical (unpaired) electrons. The molecule has 0 amide bonds. The number of aryl methyl sites for hydroxylation is 1. The normalized spacial score (nSPS) is 17.2. The van der Waals surface area contributed by atoms with Crippen LogP contribution in [0.5, 0.6) is 0 Å². The molecule has 1 N–H and O–H groups in total. The number of anilines is 1. The smallest absolute Gasteiger partial charge is 0.166 e. The van der Waals surface area contributed by atoms with Gasteiger partial charge in [0.25, 0.3) is 0 Å². The summed E-state index contributed by atoms with van der Waals surface area (Å²) in [6, 6.07) is 2.30. The Morgan fingerprint density at radius 3 is 2.52 bits per heavy atom. The maximum absolute atomic E-state index is 9.47. The zero-order chi connectivity index (χ0) is 15.3. The number of nitrogens with one attached hydrogen (secondary N) is 1. The van der Waals surface area contributed by atoms with Crippen LogP contribution >= 0.6 is 0 Å². The largest absolute Gasteiger partial charge is 0.381 e. The van der Waals surface area contributed by atoms with Crippen molar-refractivity contribution in [2.75, 3.05) is 25.1 Å². The highest BCUT2D eigenvalue weighted by Crippen LogP contribution is 2.30. The molecule has 5 nitrogen and oxygen atoms in total. The van der Waals surface area contributed by atoms with Crippen LogP contribution < -0.4 is 5.32 Å². The van der Waals surface area contributed by atoms with Gasteiger partial charge in [0.05, 0.1) is 5.69 Å². The Morgan fingerprint density at radius 1 is 1.24 bits per heavy atom. The van der Waals surface area contributed by atoms with E-state index in [2.05, 4.69) is 35.4 Å². The summed E-state index contributed by atoms with van der Waals surface area (Å²) in [6.45, 7) is 8.77. The van der Waals surface area contributed by atoms with E-state index in [-0.39, 0.29) is 5.41 Å². The predicted octanol–water partition coefficient (Wildman–Crippen LogP) is 2.70. The van der Waals surface area contributed by atoms with Gasteiger partial charge in [0, 0.05) is 19.8 Å². The number of aromatic nitrogens is 2. The fourth-order valence-corrected chi connectivity index (χ4v) is 2.76. The Morgan fingerprint density at radius 2 is 1.95 bits per heavy atom. The lowest BCUT2D eigenvalue weighted by atomic mass is 9.82. The van der Waals surface area contributed by atoms with E-state index in [1.54, 1.807) is 0 Å². The van der Waals surface area contributed by atoms with Crippen LogP contribution in [0.15, 0.2) is 0 Å². The van der Waals surface area contributed by atoms with Crippen molar-refractivity contribution in [2.24, 2.45) is 5.41 Å². The number of hydrogen-bond donors (Lipinski definition) is 1. The molecule has 1 saturated heterocycles. The maximum atomic E-state index is 9.47. The number of hydrogen-bond acceptors (Lipinski definition) is 5. The second kappa shape index (κ2) is 6.86. The van der Waals surface area contributed by atoms with Crippen molar-refractivity contribution in [3.8, 4) is 6.07 Å². The third-order valence-corrected chi connectivity index (χ3v) is 4.34. The molecule has 1 aliphatic rings. The van der Waals surface area contributed by atoms with Gasteiger partial charge in [-0.25, -0.2) is 0 Å². The molecule has 2 rings (SSSR count). The fourth-order valence-electron chi connectivity index (χ4n) is 2.76. The van der Waals surface area contributed by atoms with Gasteiger partial charge in [-0.15, -0.1) is 5.10 Å². The fraction of sp³-hybridized carbons (Fsp3) is 0.688. The summed E-state index contributed by atoms with van der Waals surface area (Å²) in [6.07, 6.45) is 3.67. The van der Waals surface area contributed by atoms with Crippen LogP contribution in [0.25, 0.3) is 0 Å². The van der Waals surface area contributed by atoms with E-state index in [0.717, 1.165) is 56.7 Å². The molecular formula is C16H24N4O. The Balaban J connectivity index is 2.18. The molecule has 21 heavy (non-hydrogen) atoms. The van der Waals surface area contributed by atoms with E-state index in [1.807, 2.05) is 6.92 Å². The number of nitrogens with zero attached hydrogens (tertiary/aromatic N) is 3. The lowest BCUT2D eigenvalue weighted by molar-refractivity contribution is 0.0299. The second-order valence-corrected chi connectivity index (χ2v) is 5.94. The zero-order valence-corrected chi connectivity index (χ0v) is 13.2. The summed E-state index contributed by atoms with van der Waals surface area (Å²) in [5, 5.41) is 21.3. The lowest BCUT2D eigenvalue weighted by Gasteiger charge is -2.33. The minimum Gasteiger partial charge on any atom is -0.381 e. The van der Waals surface area contributed by atoms with Crippen LogP contribution in [0.3, 0.4) is 0 Å². The molecule has 0 saturated carbocycles. The van der Waals surface area contributed by atoms with Gasteiger partial charge in [0.15, 0.2) is 5.82 Å². The first-order valence-corrected chi connectivity index (χ1v) is 7.73. The molecule has 0 aromatic carbocycles.